The maximum Gasteiger partial charge on any atom is 0.416 e. The lowest BCUT2D eigenvalue weighted by Gasteiger charge is -2.36. The van der Waals surface area contributed by atoms with Crippen LogP contribution in [0.15, 0.2) is 18.2 Å². The molecule has 23 heavy (non-hydrogen) atoms. The first-order valence-electron chi connectivity index (χ1n) is 7.76. The summed E-state index contributed by atoms with van der Waals surface area (Å²) < 4.78 is 39.0. The molecule has 2 nitrogen and oxygen atoms in total. The summed E-state index contributed by atoms with van der Waals surface area (Å²) in [7, 11) is 0. The normalized spacial score (nSPS) is 20.9. The van der Waals surface area contributed by atoms with Crippen LogP contribution in [0.1, 0.15) is 36.4 Å². The number of alkyl halides is 3. The van der Waals surface area contributed by atoms with Crippen molar-refractivity contribution in [2.24, 2.45) is 5.92 Å². The predicted octanol–water partition coefficient (Wildman–Crippen LogP) is 4.53. The molecular weight excluding hydrogens is 348 g/mol. The van der Waals surface area contributed by atoms with Gasteiger partial charge in [0.05, 0.1) is 5.56 Å². The molecule has 1 saturated carbocycles. The summed E-state index contributed by atoms with van der Waals surface area (Å²) in [6.45, 7) is 3.45. The van der Waals surface area contributed by atoms with Crippen LogP contribution in [0, 0.1) is 5.92 Å². The first-order valence-corrected chi connectivity index (χ1v) is 8.14. The molecule has 0 spiro atoms. The Morgan fingerprint density at radius 3 is 2.43 bits per heavy atom. The van der Waals surface area contributed by atoms with Crippen LogP contribution in [-0.4, -0.2) is 31.1 Å². The third-order valence-corrected chi connectivity index (χ3v) is 4.87. The molecule has 2 aliphatic rings. The van der Waals surface area contributed by atoms with Crippen molar-refractivity contribution >= 4 is 24.0 Å². The highest BCUT2D eigenvalue weighted by Crippen LogP contribution is 2.43. The van der Waals surface area contributed by atoms with E-state index in [4.69, 9.17) is 11.6 Å². The van der Waals surface area contributed by atoms with Crippen LogP contribution in [0.5, 0.6) is 0 Å². The monoisotopic (exact) mass is 368 g/mol. The number of hydrogen-bond acceptors (Lipinski definition) is 2. The fourth-order valence-corrected chi connectivity index (χ4v) is 3.35. The van der Waals surface area contributed by atoms with E-state index < -0.39 is 11.7 Å². The summed E-state index contributed by atoms with van der Waals surface area (Å²) in [6.07, 6.45) is -1.06. The molecule has 130 valence electrons. The van der Waals surface area contributed by atoms with Gasteiger partial charge in [-0.25, -0.2) is 0 Å². The van der Waals surface area contributed by atoms with E-state index in [0.29, 0.717) is 16.5 Å². The van der Waals surface area contributed by atoms with Gasteiger partial charge >= 0.3 is 6.18 Å². The molecule has 1 aromatic rings. The molecule has 0 radical (unpaired) electrons. The number of rotatable bonds is 4. The maximum atomic E-state index is 13.0. The average molecular weight is 369 g/mol. The van der Waals surface area contributed by atoms with Crippen LogP contribution in [0.25, 0.3) is 0 Å². The van der Waals surface area contributed by atoms with Gasteiger partial charge in [0.2, 0.25) is 0 Å². The van der Waals surface area contributed by atoms with Gasteiger partial charge in [-0.05, 0) is 36.1 Å². The van der Waals surface area contributed by atoms with Crippen LogP contribution < -0.4 is 5.32 Å². The van der Waals surface area contributed by atoms with Gasteiger partial charge in [0, 0.05) is 37.2 Å². The first-order chi connectivity index (χ1) is 10.4. The first kappa shape index (κ1) is 18.8. The molecule has 0 bridgehead atoms. The maximum absolute atomic E-state index is 13.0. The zero-order valence-corrected chi connectivity index (χ0v) is 14.3. The van der Waals surface area contributed by atoms with Gasteiger partial charge < -0.3 is 5.32 Å². The van der Waals surface area contributed by atoms with Crippen LogP contribution in [0.4, 0.5) is 13.2 Å². The van der Waals surface area contributed by atoms with E-state index in [2.05, 4.69) is 10.2 Å². The number of hydrogen-bond donors (Lipinski definition) is 1. The van der Waals surface area contributed by atoms with Crippen molar-refractivity contribution in [3.05, 3.63) is 34.3 Å². The molecule has 1 saturated heterocycles. The van der Waals surface area contributed by atoms with Crippen LogP contribution >= 0.6 is 24.0 Å². The molecule has 1 N–H and O–H groups in total. The molecule has 1 heterocycles. The Bertz CT molecular complexity index is 527. The second kappa shape index (κ2) is 7.60. The second-order valence-electron chi connectivity index (χ2n) is 6.21. The van der Waals surface area contributed by atoms with Crippen molar-refractivity contribution in [3.63, 3.8) is 0 Å². The fraction of sp³-hybridized carbons (Fsp3) is 0.625. The van der Waals surface area contributed by atoms with E-state index in [1.807, 2.05) is 0 Å². The minimum Gasteiger partial charge on any atom is -0.314 e. The SMILES string of the molecule is Cl.FC(F)(F)c1ccc(Cl)c([C@@H](CC2CC2)N2CCNCC2)c1. The molecule has 1 aliphatic carbocycles. The molecule has 0 unspecified atom stereocenters. The van der Waals surface area contributed by atoms with Gasteiger partial charge in [-0.1, -0.05) is 24.4 Å². The zero-order valence-electron chi connectivity index (χ0n) is 12.7. The standard InChI is InChI=1S/C16H20ClF3N2.ClH/c17-14-4-3-12(16(18,19)20)10-13(14)15(9-11-1-2-11)22-7-5-21-6-8-22;/h3-4,10-11,15,21H,1-2,5-9H2;1H/t15-;/m1./s1. The Balaban J connectivity index is 0.00000192. The Hall–Kier alpha value is -0.490. The van der Waals surface area contributed by atoms with Crippen molar-refractivity contribution in [3.8, 4) is 0 Å². The van der Waals surface area contributed by atoms with E-state index in [9.17, 15) is 13.2 Å². The van der Waals surface area contributed by atoms with Crippen molar-refractivity contribution in [2.45, 2.75) is 31.5 Å². The molecule has 1 aromatic carbocycles. The summed E-state index contributed by atoms with van der Waals surface area (Å²) >= 11 is 6.25. The van der Waals surface area contributed by atoms with E-state index in [-0.39, 0.29) is 18.4 Å². The largest absolute Gasteiger partial charge is 0.416 e. The lowest BCUT2D eigenvalue weighted by atomic mass is 9.96. The predicted molar refractivity (Wildman–Crippen MR) is 88.2 cm³/mol. The molecule has 0 amide bonds. The molecular formula is C16H21Cl2F3N2. The summed E-state index contributed by atoms with van der Waals surface area (Å²) in [5, 5.41) is 3.73. The van der Waals surface area contributed by atoms with E-state index in [0.717, 1.165) is 38.7 Å². The van der Waals surface area contributed by atoms with Gasteiger partial charge in [0.25, 0.3) is 0 Å². The number of nitrogens with one attached hydrogen (secondary N) is 1. The van der Waals surface area contributed by atoms with Crippen LogP contribution in [0.2, 0.25) is 5.02 Å². The third kappa shape index (κ3) is 4.75. The van der Waals surface area contributed by atoms with Gasteiger partial charge in [-0.15, -0.1) is 12.4 Å². The Morgan fingerprint density at radius 2 is 1.87 bits per heavy atom. The third-order valence-electron chi connectivity index (χ3n) is 4.53. The topological polar surface area (TPSA) is 15.3 Å². The fourth-order valence-electron chi connectivity index (χ4n) is 3.11. The number of halogens is 5. The van der Waals surface area contributed by atoms with Gasteiger partial charge in [0.15, 0.2) is 0 Å². The van der Waals surface area contributed by atoms with E-state index in [1.165, 1.54) is 25.0 Å². The smallest absolute Gasteiger partial charge is 0.314 e. The summed E-state index contributed by atoms with van der Waals surface area (Å²) in [4.78, 5) is 2.27. The quantitative estimate of drug-likeness (QED) is 0.839. The Labute approximate surface area is 145 Å². The average Bonchev–Trinajstić information content (AvgIpc) is 3.29. The Kier molecular flexibility index (Phi) is 6.22. The Morgan fingerprint density at radius 1 is 1.22 bits per heavy atom. The van der Waals surface area contributed by atoms with Crippen molar-refractivity contribution in [2.75, 3.05) is 26.2 Å². The highest BCUT2D eigenvalue weighted by molar-refractivity contribution is 6.31. The second-order valence-corrected chi connectivity index (χ2v) is 6.62. The summed E-state index contributed by atoms with van der Waals surface area (Å²) in [5.41, 5.74) is 0.0214. The minimum atomic E-state index is -4.33. The van der Waals surface area contributed by atoms with Crippen molar-refractivity contribution in [1.82, 2.24) is 10.2 Å². The van der Waals surface area contributed by atoms with Gasteiger partial charge in [-0.2, -0.15) is 13.2 Å². The van der Waals surface area contributed by atoms with Crippen LogP contribution in [0.3, 0.4) is 0 Å². The minimum absolute atomic E-state index is 0. The lowest BCUT2D eigenvalue weighted by Crippen LogP contribution is -2.45. The van der Waals surface area contributed by atoms with Crippen molar-refractivity contribution in [1.29, 1.82) is 0 Å². The lowest BCUT2D eigenvalue weighted by molar-refractivity contribution is -0.137. The molecule has 3 rings (SSSR count). The molecule has 1 atom stereocenters. The van der Waals surface area contributed by atoms with E-state index >= 15 is 0 Å². The molecule has 0 aromatic heterocycles. The zero-order chi connectivity index (χ0) is 15.7. The highest BCUT2D eigenvalue weighted by Gasteiger charge is 2.35. The van der Waals surface area contributed by atoms with E-state index in [1.54, 1.807) is 0 Å². The van der Waals surface area contributed by atoms with Gasteiger partial charge in [-0.3, -0.25) is 4.90 Å². The summed E-state index contributed by atoms with van der Waals surface area (Å²) in [6, 6.07) is 3.70. The number of benzene rings is 1. The highest BCUT2D eigenvalue weighted by atomic mass is 35.5. The molecule has 7 heteroatoms. The van der Waals surface area contributed by atoms with Crippen LogP contribution in [-0.2, 0) is 6.18 Å². The van der Waals surface area contributed by atoms with Crippen molar-refractivity contribution < 1.29 is 13.2 Å². The van der Waals surface area contributed by atoms with Gasteiger partial charge in [0.1, 0.15) is 0 Å². The molecule has 2 fully saturated rings. The number of piperazine rings is 1. The molecule has 1 aliphatic heterocycles. The summed E-state index contributed by atoms with van der Waals surface area (Å²) in [5.74, 6) is 0.630. The number of nitrogens with zero attached hydrogens (tertiary/aromatic N) is 1.